The van der Waals surface area contributed by atoms with Crippen LogP contribution in [0, 0.1) is 0 Å². The lowest BCUT2D eigenvalue weighted by atomic mass is 10.00. The summed E-state index contributed by atoms with van der Waals surface area (Å²) in [5.41, 5.74) is 2.97. The summed E-state index contributed by atoms with van der Waals surface area (Å²) in [4.78, 5) is 24.1. The Hall–Kier alpha value is -4.04. The summed E-state index contributed by atoms with van der Waals surface area (Å²) in [6, 6.07) is 38.4. The lowest BCUT2D eigenvalue weighted by molar-refractivity contribution is -0.118. The SMILES string of the molecule is CCCCCC(=O)Cc1ccc2ccccc2c1.O=C(Cc1ccccc1)c1ccc2ccccc2c1. The molecule has 0 saturated heterocycles. The van der Waals surface area contributed by atoms with Crippen molar-refractivity contribution in [2.45, 2.75) is 45.4 Å². The fourth-order valence-corrected chi connectivity index (χ4v) is 4.48. The second-order valence-electron chi connectivity index (χ2n) is 9.50. The van der Waals surface area contributed by atoms with Crippen LogP contribution in [0.2, 0.25) is 0 Å². The van der Waals surface area contributed by atoms with Crippen molar-refractivity contribution in [3.8, 4) is 0 Å². The van der Waals surface area contributed by atoms with Crippen LogP contribution in [-0.4, -0.2) is 11.6 Å². The minimum Gasteiger partial charge on any atom is -0.299 e. The summed E-state index contributed by atoms with van der Waals surface area (Å²) in [7, 11) is 0. The van der Waals surface area contributed by atoms with Gasteiger partial charge in [-0.05, 0) is 45.2 Å². The third kappa shape index (κ3) is 7.72. The van der Waals surface area contributed by atoms with Gasteiger partial charge < -0.3 is 0 Å². The van der Waals surface area contributed by atoms with Gasteiger partial charge in [-0.15, -0.1) is 0 Å². The molecule has 2 nitrogen and oxygen atoms in total. The number of Topliss-reactive ketones (excluding diaryl/α,β-unsaturated/α-hetero) is 2. The van der Waals surface area contributed by atoms with Crippen LogP contribution in [0.15, 0.2) is 115 Å². The molecule has 5 aromatic rings. The normalized spacial score (nSPS) is 10.6. The van der Waals surface area contributed by atoms with Gasteiger partial charge in [0.2, 0.25) is 0 Å². The third-order valence-electron chi connectivity index (χ3n) is 6.55. The van der Waals surface area contributed by atoms with E-state index in [9.17, 15) is 9.59 Å². The monoisotopic (exact) mass is 486 g/mol. The Morgan fingerprint density at radius 1 is 0.541 bits per heavy atom. The standard InChI is InChI=1S/C18H14O.C17H20O/c19-18(12-14-6-2-1-3-7-14)17-11-10-15-8-4-5-9-16(15)13-17;1-2-3-4-9-17(18)13-14-10-11-15-7-5-6-8-16(15)12-14/h1-11,13H,12H2;5-8,10-12H,2-4,9,13H2,1H3. The van der Waals surface area contributed by atoms with E-state index in [1.165, 1.54) is 22.6 Å². The van der Waals surface area contributed by atoms with Crippen molar-refractivity contribution in [3.63, 3.8) is 0 Å². The van der Waals surface area contributed by atoms with Gasteiger partial charge in [0.05, 0.1) is 0 Å². The molecule has 0 radical (unpaired) electrons. The molecule has 0 amide bonds. The van der Waals surface area contributed by atoms with Crippen LogP contribution in [0.4, 0.5) is 0 Å². The van der Waals surface area contributed by atoms with Crippen molar-refractivity contribution in [3.05, 3.63) is 132 Å². The summed E-state index contributed by atoms with van der Waals surface area (Å²) in [6.45, 7) is 2.16. The lowest BCUT2D eigenvalue weighted by Crippen LogP contribution is -2.03. The van der Waals surface area contributed by atoms with Crippen LogP contribution >= 0.6 is 0 Å². The Morgan fingerprint density at radius 3 is 1.81 bits per heavy atom. The zero-order valence-corrected chi connectivity index (χ0v) is 21.5. The van der Waals surface area contributed by atoms with E-state index in [0.29, 0.717) is 18.6 Å². The van der Waals surface area contributed by atoms with E-state index in [1.54, 1.807) is 0 Å². The second kappa shape index (κ2) is 13.3. The predicted octanol–water partition coefficient (Wildman–Crippen LogP) is 8.80. The van der Waals surface area contributed by atoms with E-state index < -0.39 is 0 Å². The van der Waals surface area contributed by atoms with Gasteiger partial charge in [0, 0.05) is 24.8 Å². The first-order chi connectivity index (χ1) is 18.1. The van der Waals surface area contributed by atoms with Gasteiger partial charge in [-0.25, -0.2) is 0 Å². The summed E-state index contributed by atoms with van der Waals surface area (Å²) < 4.78 is 0. The maximum Gasteiger partial charge on any atom is 0.167 e. The van der Waals surface area contributed by atoms with Crippen molar-refractivity contribution < 1.29 is 9.59 Å². The molecule has 0 aliphatic carbocycles. The number of hydrogen-bond acceptors (Lipinski definition) is 2. The number of carbonyl (C=O) groups excluding carboxylic acids is 2. The molecule has 2 heteroatoms. The molecular weight excluding hydrogens is 452 g/mol. The van der Waals surface area contributed by atoms with E-state index in [0.717, 1.165) is 41.3 Å². The number of ketones is 2. The summed E-state index contributed by atoms with van der Waals surface area (Å²) in [6.07, 6.45) is 5.12. The summed E-state index contributed by atoms with van der Waals surface area (Å²) >= 11 is 0. The highest BCUT2D eigenvalue weighted by atomic mass is 16.1. The first kappa shape index (κ1) is 26.0. The van der Waals surface area contributed by atoms with Gasteiger partial charge in [0.25, 0.3) is 0 Å². The number of carbonyl (C=O) groups is 2. The van der Waals surface area contributed by atoms with Crippen molar-refractivity contribution in [1.29, 1.82) is 0 Å². The molecule has 0 fully saturated rings. The van der Waals surface area contributed by atoms with Crippen LogP contribution < -0.4 is 0 Å². The fraction of sp³-hybridized carbons (Fsp3) is 0.200. The number of benzene rings is 5. The quantitative estimate of drug-likeness (QED) is 0.154. The van der Waals surface area contributed by atoms with Crippen molar-refractivity contribution in [2.24, 2.45) is 0 Å². The molecule has 0 heterocycles. The molecule has 0 spiro atoms. The Kier molecular flexibility index (Phi) is 9.37. The van der Waals surface area contributed by atoms with Gasteiger partial charge in [0.15, 0.2) is 5.78 Å². The lowest BCUT2D eigenvalue weighted by Gasteiger charge is -2.03. The third-order valence-corrected chi connectivity index (χ3v) is 6.55. The molecule has 186 valence electrons. The van der Waals surface area contributed by atoms with E-state index in [1.807, 2.05) is 78.9 Å². The molecule has 0 N–H and O–H groups in total. The van der Waals surface area contributed by atoms with Gasteiger partial charge >= 0.3 is 0 Å². The van der Waals surface area contributed by atoms with E-state index in [2.05, 4.69) is 43.3 Å². The average Bonchev–Trinajstić information content (AvgIpc) is 2.94. The van der Waals surface area contributed by atoms with Crippen molar-refractivity contribution >= 4 is 33.1 Å². The molecule has 0 aliphatic heterocycles. The molecule has 0 unspecified atom stereocenters. The Bertz CT molecular complexity index is 1470. The van der Waals surface area contributed by atoms with Gasteiger partial charge in [-0.2, -0.15) is 0 Å². The molecule has 0 bridgehead atoms. The molecular formula is C35H34O2. The molecule has 5 aromatic carbocycles. The van der Waals surface area contributed by atoms with E-state index in [4.69, 9.17) is 0 Å². The predicted molar refractivity (Wildman–Crippen MR) is 155 cm³/mol. The Balaban J connectivity index is 0.000000173. The zero-order valence-electron chi connectivity index (χ0n) is 21.5. The fourth-order valence-electron chi connectivity index (χ4n) is 4.48. The highest BCUT2D eigenvalue weighted by Gasteiger charge is 2.07. The largest absolute Gasteiger partial charge is 0.299 e. The zero-order chi connectivity index (χ0) is 25.9. The molecule has 0 atom stereocenters. The molecule has 0 aliphatic rings. The minimum atomic E-state index is 0.164. The highest BCUT2D eigenvalue weighted by molar-refractivity contribution is 6.01. The Labute approximate surface area is 220 Å². The first-order valence-corrected chi connectivity index (χ1v) is 13.2. The molecule has 5 rings (SSSR count). The Morgan fingerprint density at radius 2 is 1.14 bits per heavy atom. The van der Waals surface area contributed by atoms with Gasteiger partial charge in [-0.3, -0.25) is 9.59 Å². The number of hydrogen-bond donors (Lipinski definition) is 0. The van der Waals surface area contributed by atoms with Crippen molar-refractivity contribution in [1.82, 2.24) is 0 Å². The minimum absolute atomic E-state index is 0.164. The topological polar surface area (TPSA) is 34.1 Å². The number of fused-ring (bicyclic) bond motifs is 2. The number of unbranched alkanes of at least 4 members (excludes halogenated alkanes) is 2. The molecule has 37 heavy (non-hydrogen) atoms. The number of rotatable bonds is 9. The smallest absolute Gasteiger partial charge is 0.167 e. The van der Waals surface area contributed by atoms with Crippen LogP contribution in [0.3, 0.4) is 0 Å². The highest BCUT2D eigenvalue weighted by Crippen LogP contribution is 2.18. The van der Waals surface area contributed by atoms with Crippen molar-refractivity contribution in [2.75, 3.05) is 0 Å². The molecule has 0 aromatic heterocycles. The summed E-state index contributed by atoms with van der Waals surface area (Å²) in [5.74, 6) is 0.524. The van der Waals surface area contributed by atoms with Crippen LogP contribution in [-0.2, 0) is 17.6 Å². The summed E-state index contributed by atoms with van der Waals surface area (Å²) in [5, 5.41) is 4.73. The van der Waals surface area contributed by atoms with E-state index in [-0.39, 0.29) is 5.78 Å². The maximum atomic E-state index is 12.3. The van der Waals surface area contributed by atoms with Crippen LogP contribution in [0.25, 0.3) is 21.5 Å². The second-order valence-corrected chi connectivity index (χ2v) is 9.50. The molecule has 0 saturated carbocycles. The first-order valence-electron chi connectivity index (χ1n) is 13.2. The average molecular weight is 487 g/mol. The van der Waals surface area contributed by atoms with Crippen LogP contribution in [0.5, 0.6) is 0 Å². The van der Waals surface area contributed by atoms with Crippen LogP contribution in [0.1, 0.15) is 54.1 Å². The van der Waals surface area contributed by atoms with Gasteiger partial charge in [-0.1, -0.05) is 129 Å². The van der Waals surface area contributed by atoms with E-state index >= 15 is 0 Å². The maximum absolute atomic E-state index is 12.3. The van der Waals surface area contributed by atoms with Gasteiger partial charge in [0.1, 0.15) is 5.78 Å².